The average molecular weight is 182 g/mol. The predicted octanol–water partition coefficient (Wildman–Crippen LogP) is 1.66. The molecule has 2 aliphatic heterocycles. The zero-order chi connectivity index (χ0) is 9.10. The van der Waals surface area contributed by atoms with Crippen molar-refractivity contribution in [2.24, 2.45) is 0 Å². The van der Waals surface area contributed by atoms with Gasteiger partial charge in [-0.25, -0.2) is 0 Å². The van der Waals surface area contributed by atoms with Crippen molar-refractivity contribution in [1.82, 2.24) is 10.6 Å². The molecule has 0 radical (unpaired) electrons. The Morgan fingerprint density at radius 3 is 2.46 bits per heavy atom. The molecule has 0 aliphatic carbocycles. The molecule has 0 amide bonds. The lowest BCUT2D eigenvalue weighted by Crippen LogP contribution is -2.54. The lowest BCUT2D eigenvalue weighted by molar-refractivity contribution is 0.243. The minimum atomic E-state index is 0.738. The van der Waals surface area contributed by atoms with E-state index in [1.807, 2.05) is 0 Å². The summed E-state index contributed by atoms with van der Waals surface area (Å²) in [4.78, 5) is 0. The molecule has 3 unspecified atom stereocenters. The van der Waals surface area contributed by atoms with E-state index in [-0.39, 0.29) is 0 Å². The van der Waals surface area contributed by atoms with Crippen molar-refractivity contribution < 1.29 is 0 Å². The molecule has 0 spiro atoms. The van der Waals surface area contributed by atoms with Gasteiger partial charge in [0.25, 0.3) is 0 Å². The second-order valence-electron chi connectivity index (χ2n) is 4.66. The van der Waals surface area contributed by atoms with Crippen molar-refractivity contribution in [3.05, 3.63) is 0 Å². The van der Waals surface area contributed by atoms with Crippen LogP contribution in [0, 0.1) is 0 Å². The largest absolute Gasteiger partial charge is 0.312 e. The van der Waals surface area contributed by atoms with Gasteiger partial charge in [-0.3, -0.25) is 0 Å². The van der Waals surface area contributed by atoms with E-state index in [0.29, 0.717) is 0 Å². The zero-order valence-electron chi connectivity index (χ0n) is 8.68. The molecule has 2 nitrogen and oxygen atoms in total. The van der Waals surface area contributed by atoms with E-state index in [0.717, 1.165) is 18.1 Å². The van der Waals surface area contributed by atoms with Gasteiger partial charge in [-0.2, -0.15) is 0 Å². The van der Waals surface area contributed by atoms with Crippen LogP contribution >= 0.6 is 0 Å². The fourth-order valence-electron chi connectivity index (χ4n) is 2.72. The van der Waals surface area contributed by atoms with Crippen molar-refractivity contribution in [3.8, 4) is 0 Å². The van der Waals surface area contributed by atoms with Gasteiger partial charge in [-0.05, 0) is 39.2 Å². The molecule has 2 N–H and O–H groups in total. The van der Waals surface area contributed by atoms with Gasteiger partial charge in [-0.15, -0.1) is 0 Å². The third-order valence-corrected chi connectivity index (χ3v) is 3.48. The molecule has 0 aromatic heterocycles. The molecule has 13 heavy (non-hydrogen) atoms. The number of rotatable bonds is 1. The van der Waals surface area contributed by atoms with Gasteiger partial charge < -0.3 is 10.6 Å². The van der Waals surface area contributed by atoms with Gasteiger partial charge in [-0.1, -0.05) is 12.8 Å². The zero-order valence-corrected chi connectivity index (χ0v) is 8.68. The maximum absolute atomic E-state index is 3.72. The average Bonchev–Trinajstić information content (AvgIpc) is 2.19. The Morgan fingerprint density at radius 1 is 0.923 bits per heavy atom. The standard InChI is InChI=1S/C11H22N2/c1-9-5-4-7-11(13-9)10-6-2-3-8-12-10/h9-13H,2-8H2,1H3. The molecule has 0 aromatic rings. The molecular weight excluding hydrogens is 160 g/mol. The number of piperidine rings is 2. The van der Waals surface area contributed by atoms with Crippen LogP contribution in [0.15, 0.2) is 0 Å². The molecule has 2 heterocycles. The molecule has 0 saturated carbocycles. The van der Waals surface area contributed by atoms with Gasteiger partial charge in [0, 0.05) is 18.1 Å². The summed E-state index contributed by atoms with van der Waals surface area (Å²) in [6.45, 7) is 3.55. The van der Waals surface area contributed by atoms with Crippen molar-refractivity contribution in [2.75, 3.05) is 6.54 Å². The first-order chi connectivity index (χ1) is 6.36. The van der Waals surface area contributed by atoms with Crippen LogP contribution < -0.4 is 10.6 Å². The summed E-state index contributed by atoms with van der Waals surface area (Å²) in [5.74, 6) is 0. The SMILES string of the molecule is CC1CCCC(C2CCCCN2)N1. The Hall–Kier alpha value is -0.0800. The molecule has 0 aromatic carbocycles. The highest BCUT2D eigenvalue weighted by atomic mass is 15.0. The minimum absolute atomic E-state index is 0.738. The monoisotopic (exact) mass is 182 g/mol. The summed E-state index contributed by atoms with van der Waals surface area (Å²) in [6.07, 6.45) is 8.33. The van der Waals surface area contributed by atoms with Gasteiger partial charge >= 0.3 is 0 Å². The van der Waals surface area contributed by atoms with Gasteiger partial charge in [0.1, 0.15) is 0 Å². The van der Waals surface area contributed by atoms with E-state index in [4.69, 9.17) is 0 Å². The van der Waals surface area contributed by atoms with Crippen molar-refractivity contribution in [3.63, 3.8) is 0 Å². The quantitative estimate of drug-likeness (QED) is 0.644. The first-order valence-electron chi connectivity index (χ1n) is 5.86. The Labute approximate surface area is 81.5 Å². The molecule has 3 atom stereocenters. The van der Waals surface area contributed by atoms with Crippen LogP contribution in [-0.2, 0) is 0 Å². The summed E-state index contributed by atoms with van der Waals surface area (Å²) < 4.78 is 0. The summed E-state index contributed by atoms with van der Waals surface area (Å²) in [7, 11) is 0. The third kappa shape index (κ3) is 2.44. The first-order valence-corrected chi connectivity index (χ1v) is 5.86. The van der Waals surface area contributed by atoms with Crippen LogP contribution in [0.5, 0.6) is 0 Å². The Balaban J connectivity index is 1.83. The third-order valence-electron chi connectivity index (χ3n) is 3.48. The Kier molecular flexibility index (Phi) is 3.23. The molecule has 2 aliphatic rings. The smallest absolute Gasteiger partial charge is 0.0223 e. The normalized spacial score (nSPS) is 41.8. The molecule has 2 saturated heterocycles. The maximum Gasteiger partial charge on any atom is 0.0223 e. The highest BCUT2D eigenvalue weighted by Crippen LogP contribution is 2.19. The predicted molar refractivity (Wildman–Crippen MR) is 55.9 cm³/mol. The van der Waals surface area contributed by atoms with Crippen molar-refractivity contribution in [1.29, 1.82) is 0 Å². The van der Waals surface area contributed by atoms with Gasteiger partial charge in [0.15, 0.2) is 0 Å². The minimum Gasteiger partial charge on any atom is -0.312 e. The molecule has 2 heteroatoms. The Bertz CT molecular complexity index is 152. The molecule has 0 bridgehead atoms. The highest BCUT2D eigenvalue weighted by Gasteiger charge is 2.26. The molecule has 2 rings (SSSR count). The number of hydrogen-bond donors (Lipinski definition) is 2. The number of nitrogens with one attached hydrogen (secondary N) is 2. The number of hydrogen-bond acceptors (Lipinski definition) is 2. The molecule has 76 valence electrons. The second kappa shape index (κ2) is 4.43. The van der Waals surface area contributed by atoms with E-state index in [1.165, 1.54) is 45.1 Å². The van der Waals surface area contributed by atoms with Gasteiger partial charge in [0.05, 0.1) is 0 Å². The van der Waals surface area contributed by atoms with E-state index < -0.39 is 0 Å². The van der Waals surface area contributed by atoms with Crippen LogP contribution in [-0.4, -0.2) is 24.7 Å². The second-order valence-corrected chi connectivity index (χ2v) is 4.66. The van der Waals surface area contributed by atoms with E-state index in [1.54, 1.807) is 0 Å². The fraction of sp³-hybridized carbons (Fsp3) is 1.00. The summed E-state index contributed by atoms with van der Waals surface area (Å²) in [5.41, 5.74) is 0. The summed E-state index contributed by atoms with van der Waals surface area (Å²) >= 11 is 0. The molecule has 2 fully saturated rings. The van der Waals surface area contributed by atoms with E-state index in [9.17, 15) is 0 Å². The van der Waals surface area contributed by atoms with E-state index in [2.05, 4.69) is 17.6 Å². The summed E-state index contributed by atoms with van der Waals surface area (Å²) in [6, 6.07) is 2.25. The van der Waals surface area contributed by atoms with Crippen LogP contribution in [0.3, 0.4) is 0 Å². The van der Waals surface area contributed by atoms with Crippen molar-refractivity contribution >= 4 is 0 Å². The lowest BCUT2D eigenvalue weighted by atomic mass is 9.90. The van der Waals surface area contributed by atoms with Crippen LogP contribution in [0.4, 0.5) is 0 Å². The highest BCUT2D eigenvalue weighted by molar-refractivity contribution is 4.89. The van der Waals surface area contributed by atoms with Crippen molar-refractivity contribution in [2.45, 2.75) is 63.6 Å². The van der Waals surface area contributed by atoms with Crippen LogP contribution in [0.25, 0.3) is 0 Å². The van der Waals surface area contributed by atoms with E-state index >= 15 is 0 Å². The maximum atomic E-state index is 3.72. The fourth-order valence-corrected chi connectivity index (χ4v) is 2.72. The Morgan fingerprint density at radius 2 is 1.77 bits per heavy atom. The van der Waals surface area contributed by atoms with Crippen LogP contribution in [0.2, 0.25) is 0 Å². The van der Waals surface area contributed by atoms with Gasteiger partial charge in [0.2, 0.25) is 0 Å². The first kappa shape index (κ1) is 9.47. The van der Waals surface area contributed by atoms with Crippen LogP contribution in [0.1, 0.15) is 45.4 Å². The molecular formula is C11H22N2. The topological polar surface area (TPSA) is 24.1 Å². The lowest BCUT2D eigenvalue weighted by Gasteiger charge is -2.37. The summed E-state index contributed by atoms with van der Waals surface area (Å²) in [5, 5.41) is 7.37.